The Labute approximate surface area is 192 Å². The van der Waals surface area contributed by atoms with Gasteiger partial charge in [-0.1, -0.05) is 5.92 Å². The summed E-state index contributed by atoms with van der Waals surface area (Å²) in [6.07, 6.45) is -2.39. The highest BCUT2D eigenvalue weighted by atomic mass is 19.4. The Morgan fingerprint density at radius 1 is 1.24 bits per heavy atom. The molecule has 0 radical (unpaired) electrons. The molecule has 0 atom stereocenters. The Morgan fingerprint density at radius 2 is 2.03 bits per heavy atom. The number of carbonyl (C=O) groups excluding carboxylic acids is 1. The van der Waals surface area contributed by atoms with Gasteiger partial charge in [0.1, 0.15) is 23.9 Å². The van der Waals surface area contributed by atoms with E-state index in [4.69, 9.17) is 9.47 Å². The third-order valence-electron chi connectivity index (χ3n) is 4.48. The second kappa shape index (κ2) is 10.7. The number of aromatic nitrogens is 3. The molecule has 0 unspecified atom stereocenters. The van der Waals surface area contributed by atoms with Gasteiger partial charge in [-0.2, -0.15) is 13.2 Å². The van der Waals surface area contributed by atoms with Gasteiger partial charge in [0.25, 0.3) is 0 Å². The van der Waals surface area contributed by atoms with Crippen LogP contribution in [0.5, 0.6) is 5.75 Å². The van der Waals surface area contributed by atoms with E-state index in [0.717, 1.165) is 0 Å². The molecule has 2 heterocycles. The second-order valence-corrected chi connectivity index (χ2v) is 6.97. The summed E-state index contributed by atoms with van der Waals surface area (Å²) in [5, 5.41) is 2.58. The van der Waals surface area contributed by atoms with Gasteiger partial charge in [-0.25, -0.2) is 4.98 Å². The number of alkyl halides is 3. The van der Waals surface area contributed by atoms with E-state index in [1.54, 1.807) is 7.05 Å². The maximum Gasteiger partial charge on any atom is 0.432 e. The average molecular weight is 474 g/mol. The number of benzene rings is 1. The minimum atomic E-state index is -4.57. The molecule has 0 fully saturated rings. The van der Waals surface area contributed by atoms with Gasteiger partial charge in [0.15, 0.2) is 0 Å². The fourth-order valence-electron chi connectivity index (χ4n) is 2.82. The quantitative estimate of drug-likeness (QED) is 0.405. The number of aryl methyl sites for hydroxylation is 1. The average Bonchev–Trinajstić information content (AvgIpc) is 3.29. The summed E-state index contributed by atoms with van der Waals surface area (Å²) in [5.74, 6) is 4.63. The third-order valence-corrected chi connectivity index (χ3v) is 4.48. The molecule has 3 aromatic rings. The summed E-state index contributed by atoms with van der Waals surface area (Å²) >= 11 is 0. The fourth-order valence-corrected chi connectivity index (χ4v) is 2.82. The molecule has 0 aliphatic carbocycles. The van der Waals surface area contributed by atoms with E-state index in [0.29, 0.717) is 30.5 Å². The van der Waals surface area contributed by atoms with Gasteiger partial charge in [0.05, 0.1) is 18.5 Å². The van der Waals surface area contributed by atoms with Crippen molar-refractivity contribution >= 4 is 11.6 Å². The Kier molecular flexibility index (Phi) is 7.75. The van der Waals surface area contributed by atoms with Crippen molar-refractivity contribution in [2.75, 3.05) is 25.1 Å². The number of anilines is 1. The number of hydrogen-bond donors (Lipinski definition) is 2. The molecule has 0 aliphatic rings. The molecule has 178 valence electrons. The number of ether oxygens (including phenoxy) is 2. The topological polar surface area (TPSA) is 98.2 Å². The first-order valence-corrected chi connectivity index (χ1v) is 10.1. The van der Waals surface area contributed by atoms with Crippen LogP contribution in [0.2, 0.25) is 0 Å². The number of nitrogens with zero attached hydrogens (tertiary/aromatic N) is 2. The van der Waals surface area contributed by atoms with Gasteiger partial charge >= 0.3 is 12.1 Å². The third kappa shape index (κ3) is 6.49. The molecule has 2 aromatic heterocycles. The highest BCUT2D eigenvalue weighted by Crippen LogP contribution is 2.32. The molecule has 0 saturated heterocycles. The lowest BCUT2D eigenvalue weighted by atomic mass is 10.1. The molecule has 0 saturated carbocycles. The van der Waals surface area contributed by atoms with E-state index in [1.165, 1.54) is 41.1 Å². The first-order valence-electron chi connectivity index (χ1n) is 10.1. The SMILES string of the molecule is CCOCCOc1ccc(-c2ncc(C(F)(F)F)[nH]2)cc1NC(=O)C#Cc1ccc(=O)n(C)c1. The van der Waals surface area contributed by atoms with Gasteiger partial charge in [-0.3, -0.25) is 9.59 Å². The lowest BCUT2D eigenvalue weighted by Gasteiger charge is -2.13. The summed E-state index contributed by atoms with van der Waals surface area (Å²) in [7, 11) is 1.56. The fraction of sp³-hybridized carbons (Fsp3) is 0.261. The number of aromatic amines is 1. The van der Waals surface area contributed by atoms with Crippen molar-refractivity contribution in [3.8, 4) is 29.0 Å². The zero-order valence-electron chi connectivity index (χ0n) is 18.3. The van der Waals surface area contributed by atoms with Crippen molar-refractivity contribution in [3.05, 3.63) is 64.3 Å². The van der Waals surface area contributed by atoms with Crippen LogP contribution in [0.1, 0.15) is 18.2 Å². The standard InChI is InChI=1S/C23H21F3N4O4/c1-3-33-10-11-34-18-7-6-16(22-27-13-19(29-22)23(24,25)26)12-17(18)28-20(31)8-4-15-5-9-21(32)30(2)14-15/h5-7,9,12-14H,3,10-11H2,1-2H3,(H,27,29)(H,28,31). The smallest absolute Gasteiger partial charge is 0.432 e. The van der Waals surface area contributed by atoms with Crippen LogP contribution in [-0.2, 0) is 22.8 Å². The van der Waals surface area contributed by atoms with Crippen LogP contribution >= 0.6 is 0 Å². The number of nitrogens with one attached hydrogen (secondary N) is 2. The minimum Gasteiger partial charge on any atom is -0.489 e. The second-order valence-electron chi connectivity index (χ2n) is 6.97. The molecule has 3 rings (SSSR count). The van der Waals surface area contributed by atoms with E-state index in [9.17, 15) is 22.8 Å². The zero-order valence-corrected chi connectivity index (χ0v) is 18.3. The Balaban J connectivity index is 1.85. The molecule has 2 N–H and O–H groups in total. The maximum atomic E-state index is 12.9. The van der Waals surface area contributed by atoms with E-state index in [1.807, 2.05) is 6.92 Å². The van der Waals surface area contributed by atoms with Crippen molar-refractivity contribution in [2.45, 2.75) is 13.1 Å². The maximum absolute atomic E-state index is 12.9. The van der Waals surface area contributed by atoms with Crippen LogP contribution in [-0.4, -0.2) is 40.3 Å². The Bertz CT molecular complexity index is 1290. The molecule has 1 amide bonds. The molecule has 0 spiro atoms. The summed E-state index contributed by atoms with van der Waals surface area (Å²) in [6, 6.07) is 7.27. The molecule has 8 nitrogen and oxygen atoms in total. The van der Waals surface area contributed by atoms with E-state index in [2.05, 4.69) is 27.1 Å². The molecule has 0 bridgehead atoms. The number of amides is 1. The predicted molar refractivity (Wildman–Crippen MR) is 118 cm³/mol. The van der Waals surface area contributed by atoms with Crippen LogP contribution in [0.25, 0.3) is 11.4 Å². The van der Waals surface area contributed by atoms with Crippen molar-refractivity contribution in [1.29, 1.82) is 0 Å². The highest BCUT2D eigenvalue weighted by Gasteiger charge is 2.33. The molecular weight excluding hydrogens is 453 g/mol. The largest absolute Gasteiger partial charge is 0.489 e. The number of hydrogen-bond acceptors (Lipinski definition) is 5. The van der Waals surface area contributed by atoms with Gasteiger partial charge < -0.3 is 24.3 Å². The zero-order chi connectivity index (χ0) is 24.7. The van der Waals surface area contributed by atoms with Crippen molar-refractivity contribution in [1.82, 2.24) is 14.5 Å². The molecule has 0 aliphatic heterocycles. The Morgan fingerprint density at radius 3 is 2.71 bits per heavy atom. The van der Waals surface area contributed by atoms with Crippen molar-refractivity contribution in [3.63, 3.8) is 0 Å². The highest BCUT2D eigenvalue weighted by molar-refractivity contribution is 6.05. The normalized spacial score (nSPS) is 11.0. The number of pyridine rings is 1. The van der Waals surface area contributed by atoms with Crippen LogP contribution in [0.15, 0.2) is 47.5 Å². The number of halogens is 3. The van der Waals surface area contributed by atoms with Gasteiger partial charge in [-0.05, 0) is 31.2 Å². The van der Waals surface area contributed by atoms with Gasteiger partial charge in [0.2, 0.25) is 5.56 Å². The molecular formula is C23H21F3N4O4. The number of rotatable bonds is 7. The van der Waals surface area contributed by atoms with Crippen LogP contribution in [0, 0.1) is 11.8 Å². The lowest BCUT2D eigenvalue weighted by Crippen LogP contribution is -2.14. The molecule has 34 heavy (non-hydrogen) atoms. The summed E-state index contributed by atoms with van der Waals surface area (Å²) in [5.41, 5.74) is -0.261. The lowest BCUT2D eigenvalue weighted by molar-refractivity contribution is -0.140. The Hall–Kier alpha value is -4.04. The van der Waals surface area contributed by atoms with Gasteiger partial charge in [-0.15, -0.1) is 0 Å². The number of carbonyl (C=O) groups is 1. The molecule has 11 heteroatoms. The van der Waals surface area contributed by atoms with Crippen LogP contribution in [0.4, 0.5) is 18.9 Å². The molecule has 1 aromatic carbocycles. The predicted octanol–water partition coefficient (Wildman–Crippen LogP) is 3.20. The minimum absolute atomic E-state index is 0.0278. The summed E-state index contributed by atoms with van der Waals surface area (Å²) in [4.78, 5) is 29.9. The van der Waals surface area contributed by atoms with Crippen LogP contribution in [0.3, 0.4) is 0 Å². The van der Waals surface area contributed by atoms with Crippen LogP contribution < -0.4 is 15.6 Å². The summed E-state index contributed by atoms with van der Waals surface area (Å²) in [6.45, 7) is 2.85. The number of H-pyrrole nitrogens is 1. The monoisotopic (exact) mass is 474 g/mol. The van der Waals surface area contributed by atoms with E-state index in [-0.39, 0.29) is 29.4 Å². The van der Waals surface area contributed by atoms with Gasteiger partial charge in [0, 0.05) is 43.0 Å². The van der Waals surface area contributed by atoms with Crippen molar-refractivity contribution in [2.24, 2.45) is 7.05 Å². The summed E-state index contributed by atoms with van der Waals surface area (Å²) < 4.78 is 50.9. The number of imidazole rings is 1. The first-order chi connectivity index (χ1) is 16.2. The first kappa shape index (κ1) is 24.6. The van der Waals surface area contributed by atoms with E-state index < -0.39 is 17.8 Å². The van der Waals surface area contributed by atoms with Crippen molar-refractivity contribution < 1.29 is 27.4 Å². The van der Waals surface area contributed by atoms with E-state index >= 15 is 0 Å².